The van der Waals surface area contributed by atoms with Crippen molar-refractivity contribution in [2.45, 2.75) is 13.3 Å². The number of nitrogens with one attached hydrogen (secondary N) is 1. The summed E-state index contributed by atoms with van der Waals surface area (Å²) in [4.78, 5) is 5.43. The Morgan fingerprint density at radius 2 is 2.29 bits per heavy atom. The lowest BCUT2D eigenvalue weighted by molar-refractivity contribution is 0.630. The van der Waals surface area contributed by atoms with Crippen molar-refractivity contribution in [1.29, 1.82) is 0 Å². The Bertz CT molecular complexity index is 513. The van der Waals surface area contributed by atoms with Crippen LogP contribution in [0, 0.1) is 12.7 Å². The number of hydrogen-bond acceptors (Lipinski definition) is 3. The predicted molar refractivity (Wildman–Crippen MR) is 73.1 cm³/mol. The molecule has 0 unspecified atom stereocenters. The van der Waals surface area contributed by atoms with Crippen LogP contribution in [-0.4, -0.2) is 11.5 Å². The first kappa shape index (κ1) is 12.5. The van der Waals surface area contributed by atoms with Crippen LogP contribution in [-0.2, 0) is 6.42 Å². The van der Waals surface area contributed by atoms with Crippen molar-refractivity contribution in [3.05, 3.63) is 44.6 Å². The molecule has 0 aliphatic heterocycles. The van der Waals surface area contributed by atoms with Gasteiger partial charge in [0.15, 0.2) is 0 Å². The topological polar surface area (TPSA) is 24.9 Å². The average molecular weight is 315 g/mol. The zero-order chi connectivity index (χ0) is 12.3. The Labute approximate surface area is 112 Å². The highest BCUT2D eigenvalue weighted by atomic mass is 79.9. The Morgan fingerprint density at radius 3 is 3.00 bits per heavy atom. The lowest BCUT2D eigenvalue weighted by Crippen LogP contribution is -2.06. The van der Waals surface area contributed by atoms with Crippen molar-refractivity contribution in [3.8, 4) is 0 Å². The SMILES string of the molecule is Cc1ncsc1CCNc1cc(Br)ccc1F. The van der Waals surface area contributed by atoms with Gasteiger partial charge in [-0.15, -0.1) is 11.3 Å². The smallest absolute Gasteiger partial charge is 0.146 e. The first-order valence-electron chi connectivity index (χ1n) is 5.24. The number of anilines is 1. The van der Waals surface area contributed by atoms with Crippen molar-refractivity contribution >= 4 is 33.0 Å². The number of benzene rings is 1. The molecule has 0 saturated carbocycles. The second kappa shape index (κ2) is 5.60. The van der Waals surface area contributed by atoms with E-state index in [4.69, 9.17) is 0 Å². The molecule has 0 radical (unpaired) electrons. The predicted octanol–water partition coefficient (Wildman–Crippen LogP) is 4.01. The van der Waals surface area contributed by atoms with Gasteiger partial charge in [0.25, 0.3) is 0 Å². The molecule has 1 aromatic carbocycles. The molecule has 0 aliphatic carbocycles. The number of hydrogen-bond donors (Lipinski definition) is 1. The second-order valence-corrected chi connectivity index (χ2v) is 5.52. The summed E-state index contributed by atoms with van der Waals surface area (Å²) in [6.07, 6.45) is 0.864. The Kier molecular flexibility index (Phi) is 4.12. The maximum atomic E-state index is 13.4. The Morgan fingerprint density at radius 1 is 1.47 bits per heavy atom. The monoisotopic (exact) mass is 314 g/mol. The molecule has 1 N–H and O–H groups in total. The van der Waals surface area contributed by atoms with Gasteiger partial charge in [-0.05, 0) is 25.1 Å². The van der Waals surface area contributed by atoms with E-state index in [1.807, 2.05) is 12.4 Å². The summed E-state index contributed by atoms with van der Waals surface area (Å²) >= 11 is 4.96. The van der Waals surface area contributed by atoms with Crippen LogP contribution < -0.4 is 5.32 Å². The first-order valence-corrected chi connectivity index (χ1v) is 6.92. The summed E-state index contributed by atoms with van der Waals surface area (Å²) in [6.45, 7) is 2.70. The zero-order valence-corrected chi connectivity index (χ0v) is 11.7. The summed E-state index contributed by atoms with van der Waals surface area (Å²) < 4.78 is 14.3. The van der Waals surface area contributed by atoms with Gasteiger partial charge in [-0.25, -0.2) is 9.37 Å². The molecule has 5 heteroatoms. The maximum Gasteiger partial charge on any atom is 0.146 e. The van der Waals surface area contributed by atoms with Crippen LogP contribution >= 0.6 is 27.3 Å². The van der Waals surface area contributed by atoms with E-state index < -0.39 is 0 Å². The van der Waals surface area contributed by atoms with Gasteiger partial charge in [-0.2, -0.15) is 0 Å². The van der Waals surface area contributed by atoms with E-state index >= 15 is 0 Å². The molecule has 0 amide bonds. The third-order valence-corrected chi connectivity index (χ3v) is 3.93. The number of halogens is 2. The van der Waals surface area contributed by atoms with E-state index in [0.29, 0.717) is 12.2 Å². The number of aryl methyl sites for hydroxylation is 1. The van der Waals surface area contributed by atoms with Crippen LogP contribution in [0.25, 0.3) is 0 Å². The minimum absolute atomic E-state index is 0.228. The molecule has 0 aliphatic rings. The maximum absolute atomic E-state index is 13.4. The van der Waals surface area contributed by atoms with Crippen molar-refractivity contribution < 1.29 is 4.39 Å². The van der Waals surface area contributed by atoms with Crippen molar-refractivity contribution in [2.75, 3.05) is 11.9 Å². The van der Waals surface area contributed by atoms with Gasteiger partial charge in [0.2, 0.25) is 0 Å². The highest BCUT2D eigenvalue weighted by Crippen LogP contribution is 2.20. The fourth-order valence-corrected chi connectivity index (χ4v) is 2.65. The molecule has 0 bridgehead atoms. The molecule has 2 aromatic rings. The minimum atomic E-state index is -0.228. The second-order valence-electron chi connectivity index (χ2n) is 3.66. The van der Waals surface area contributed by atoms with Crippen molar-refractivity contribution in [1.82, 2.24) is 4.98 Å². The summed E-state index contributed by atoms with van der Waals surface area (Å²) in [6, 6.07) is 4.88. The van der Waals surface area contributed by atoms with Crippen LogP contribution in [0.1, 0.15) is 10.6 Å². The minimum Gasteiger partial charge on any atom is -0.382 e. The van der Waals surface area contributed by atoms with Crippen LogP contribution in [0.2, 0.25) is 0 Å². The lowest BCUT2D eigenvalue weighted by Gasteiger charge is -2.07. The fourth-order valence-electron chi connectivity index (χ4n) is 1.51. The Hall–Kier alpha value is -0.940. The number of thiazole rings is 1. The molecule has 1 aromatic heterocycles. The van der Waals surface area contributed by atoms with E-state index in [0.717, 1.165) is 16.6 Å². The fraction of sp³-hybridized carbons (Fsp3) is 0.250. The molecule has 2 rings (SSSR count). The molecule has 1 heterocycles. The quantitative estimate of drug-likeness (QED) is 0.922. The van der Waals surface area contributed by atoms with Gasteiger partial charge < -0.3 is 5.32 Å². The summed E-state index contributed by atoms with van der Waals surface area (Å²) in [5.41, 5.74) is 3.43. The van der Waals surface area contributed by atoms with E-state index in [1.54, 1.807) is 23.5 Å². The summed E-state index contributed by atoms with van der Waals surface area (Å²) in [5.74, 6) is -0.228. The summed E-state index contributed by atoms with van der Waals surface area (Å²) in [7, 11) is 0. The third kappa shape index (κ3) is 3.26. The highest BCUT2D eigenvalue weighted by Gasteiger charge is 2.04. The van der Waals surface area contributed by atoms with Crippen molar-refractivity contribution in [3.63, 3.8) is 0 Å². The molecule has 0 saturated heterocycles. The number of nitrogens with zero attached hydrogens (tertiary/aromatic N) is 1. The molecule has 0 spiro atoms. The Balaban J connectivity index is 1.94. The normalized spacial score (nSPS) is 10.5. The van der Waals surface area contributed by atoms with Crippen LogP contribution in [0.15, 0.2) is 28.2 Å². The van der Waals surface area contributed by atoms with E-state index in [-0.39, 0.29) is 5.82 Å². The first-order chi connectivity index (χ1) is 8.16. The van der Waals surface area contributed by atoms with Gasteiger partial charge in [0.05, 0.1) is 16.9 Å². The van der Waals surface area contributed by atoms with Gasteiger partial charge in [0.1, 0.15) is 5.82 Å². The van der Waals surface area contributed by atoms with Crippen molar-refractivity contribution in [2.24, 2.45) is 0 Å². The largest absolute Gasteiger partial charge is 0.382 e. The third-order valence-electron chi connectivity index (χ3n) is 2.44. The van der Waals surface area contributed by atoms with Gasteiger partial charge in [-0.3, -0.25) is 0 Å². The standard InChI is InChI=1S/C12H12BrFN2S/c1-8-12(17-7-16-8)4-5-15-11-6-9(13)2-3-10(11)14/h2-3,6-7,15H,4-5H2,1H3. The van der Waals surface area contributed by atoms with Gasteiger partial charge >= 0.3 is 0 Å². The van der Waals surface area contributed by atoms with E-state index in [1.165, 1.54) is 10.9 Å². The highest BCUT2D eigenvalue weighted by molar-refractivity contribution is 9.10. The van der Waals surface area contributed by atoms with E-state index in [2.05, 4.69) is 26.2 Å². The van der Waals surface area contributed by atoms with E-state index in [9.17, 15) is 4.39 Å². The molecule has 17 heavy (non-hydrogen) atoms. The zero-order valence-electron chi connectivity index (χ0n) is 9.34. The van der Waals surface area contributed by atoms with Crippen LogP contribution in [0.3, 0.4) is 0 Å². The molecule has 0 fully saturated rings. The van der Waals surface area contributed by atoms with Gasteiger partial charge in [0, 0.05) is 22.3 Å². The molecule has 90 valence electrons. The van der Waals surface area contributed by atoms with Gasteiger partial charge in [-0.1, -0.05) is 15.9 Å². The molecular weight excluding hydrogens is 303 g/mol. The average Bonchev–Trinajstić information content (AvgIpc) is 2.70. The van der Waals surface area contributed by atoms with Crippen LogP contribution in [0.4, 0.5) is 10.1 Å². The molecule has 2 nitrogen and oxygen atoms in total. The number of aromatic nitrogens is 1. The number of rotatable bonds is 4. The molecular formula is C12H12BrFN2S. The summed E-state index contributed by atoms with van der Waals surface area (Å²) in [5, 5.41) is 3.09. The van der Waals surface area contributed by atoms with Crippen LogP contribution in [0.5, 0.6) is 0 Å². The lowest BCUT2D eigenvalue weighted by atomic mass is 10.2. The molecule has 0 atom stereocenters.